The first-order chi connectivity index (χ1) is 6.65. The summed E-state index contributed by atoms with van der Waals surface area (Å²) in [5.41, 5.74) is 4.39. The van der Waals surface area contributed by atoms with Crippen LogP contribution in [-0.2, 0) is 4.74 Å². The lowest BCUT2D eigenvalue weighted by molar-refractivity contribution is 0.147. The molecule has 0 saturated heterocycles. The van der Waals surface area contributed by atoms with E-state index in [0.717, 1.165) is 19.6 Å². The zero-order valence-electron chi connectivity index (χ0n) is 9.89. The molecule has 0 bridgehead atoms. The third-order valence-electron chi connectivity index (χ3n) is 2.98. The van der Waals surface area contributed by atoms with Crippen LogP contribution in [0.2, 0.25) is 0 Å². The van der Waals surface area contributed by atoms with Crippen LogP contribution in [0.3, 0.4) is 0 Å². The Morgan fingerprint density at radius 2 is 2.29 bits per heavy atom. The van der Waals surface area contributed by atoms with E-state index in [1.807, 2.05) is 0 Å². The lowest BCUT2D eigenvalue weighted by atomic mass is 9.94. The van der Waals surface area contributed by atoms with Gasteiger partial charge in [-0.1, -0.05) is 31.9 Å². The molecular formula is C13H22O. The molecular weight excluding hydrogens is 172 g/mol. The molecule has 1 heteroatoms. The largest absolute Gasteiger partial charge is 0.377 e. The summed E-state index contributed by atoms with van der Waals surface area (Å²) in [5, 5.41) is 0. The molecule has 0 aromatic rings. The number of ether oxygens (including phenoxy) is 1. The van der Waals surface area contributed by atoms with E-state index in [4.69, 9.17) is 4.74 Å². The smallest absolute Gasteiger partial charge is 0.0680 e. The standard InChI is InChI=1S/C13H22O/c1-5-10(2)8-11(3)13-6-7-14-9-12(13)4/h8,10H,5-7,9H2,1-4H3/b11-8-. The van der Waals surface area contributed by atoms with Crippen LogP contribution in [0.4, 0.5) is 0 Å². The Bertz CT molecular complexity index is 248. The van der Waals surface area contributed by atoms with Crippen molar-refractivity contribution in [3.05, 3.63) is 22.8 Å². The second-order valence-electron chi connectivity index (χ2n) is 4.30. The van der Waals surface area contributed by atoms with Crippen molar-refractivity contribution in [3.63, 3.8) is 0 Å². The summed E-state index contributed by atoms with van der Waals surface area (Å²) >= 11 is 0. The summed E-state index contributed by atoms with van der Waals surface area (Å²) in [6, 6.07) is 0. The first kappa shape index (κ1) is 11.5. The van der Waals surface area contributed by atoms with Crippen molar-refractivity contribution < 1.29 is 4.74 Å². The van der Waals surface area contributed by atoms with Crippen LogP contribution in [0.1, 0.15) is 40.5 Å². The molecule has 1 nitrogen and oxygen atoms in total. The SMILES string of the molecule is CCC(C)/C=C(/C)C1=C(C)COCC1. The second-order valence-corrected chi connectivity index (χ2v) is 4.30. The van der Waals surface area contributed by atoms with Crippen LogP contribution in [0.25, 0.3) is 0 Å². The normalized spacial score (nSPS) is 21.3. The Morgan fingerprint density at radius 3 is 2.86 bits per heavy atom. The highest BCUT2D eigenvalue weighted by atomic mass is 16.5. The van der Waals surface area contributed by atoms with Crippen molar-refractivity contribution in [2.45, 2.75) is 40.5 Å². The van der Waals surface area contributed by atoms with Crippen molar-refractivity contribution in [1.29, 1.82) is 0 Å². The minimum atomic E-state index is 0.693. The fourth-order valence-electron chi connectivity index (χ4n) is 1.88. The van der Waals surface area contributed by atoms with E-state index in [9.17, 15) is 0 Å². The van der Waals surface area contributed by atoms with E-state index >= 15 is 0 Å². The lowest BCUT2D eigenvalue weighted by Gasteiger charge is -2.19. The number of hydrogen-bond donors (Lipinski definition) is 0. The van der Waals surface area contributed by atoms with Crippen molar-refractivity contribution in [2.24, 2.45) is 5.92 Å². The molecule has 1 aliphatic heterocycles. The molecule has 1 aliphatic rings. The molecule has 1 atom stereocenters. The number of rotatable bonds is 3. The molecule has 80 valence electrons. The predicted octanol–water partition coefficient (Wildman–Crippen LogP) is 3.72. The Hall–Kier alpha value is -0.560. The van der Waals surface area contributed by atoms with Crippen LogP contribution < -0.4 is 0 Å². The average molecular weight is 194 g/mol. The van der Waals surface area contributed by atoms with E-state index in [-0.39, 0.29) is 0 Å². The Kier molecular flexibility index (Phi) is 4.40. The monoisotopic (exact) mass is 194 g/mol. The molecule has 1 rings (SSSR count). The highest BCUT2D eigenvalue weighted by molar-refractivity contribution is 5.34. The molecule has 0 radical (unpaired) electrons. The van der Waals surface area contributed by atoms with Crippen LogP contribution >= 0.6 is 0 Å². The van der Waals surface area contributed by atoms with Gasteiger partial charge in [0.25, 0.3) is 0 Å². The van der Waals surface area contributed by atoms with Crippen molar-refractivity contribution in [2.75, 3.05) is 13.2 Å². The van der Waals surface area contributed by atoms with Crippen molar-refractivity contribution in [1.82, 2.24) is 0 Å². The molecule has 0 aromatic carbocycles. The Labute approximate surface area is 87.8 Å². The van der Waals surface area contributed by atoms with Gasteiger partial charge in [0.2, 0.25) is 0 Å². The third-order valence-corrected chi connectivity index (χ3v) is 2.98. The topological polar surface area (TPSA) is 9.23 Å². The fourth-order valence-corrected chi connectivity index (χ4v) is 1.88. The van der Waals surface area contributed by atoms with Crippen LogP contribution in [-0.4, -0.2) is 13.2 Å². The lowest BCUT2D eigenvalue weighted by Crippen LogP contribution is -2.10. The predicted molar refractivity (Wildman–Crippen MR) is 61.3 cm³/mol. The quantitative estimate of drug-likeness (QED) is 0.665. The molecule has 1 heterocycles. The van der Waals surface area contributed by atoms with Crippen molar-refractivity contribution >= 4 is 0 Å². The van der Waals surface area contributed by atoms with Gasteiger partial charge in [-0.15, -0.1) is 0 Å². The summed E-state index contributed by atoms with van der Waals surface area (Å²) < 4.78 is 5.41. The van der Waals surface area contributed by atoms with Gasteiger partial charge in [-0.25, -0.2) is 0 Å². The molecule has 0 fully saturated rings. The van der Waals surface area contributed by atoms with E-state index in [1.54, 1.807) is 0 Å². The van der Waals surface area contributed by atoms with Gasteiger partial charge in [0.15, 0.2) is 0 Å². The van der Waals surface area contributed by atoms with Gasteiger partial charge >= 0.3 is 0 Å². The zero-order valence-corrected chi connectivity index (χ0v) is 9.89. The van der Waals surface area contributed by atoms with Gasteiger partial charge in [-0.3, -0.25) is 0 Å². The maximum atomic E-state index is 5.41. The van der Waals surface area contributed by atoms with Gasteiger partial charge in [0, 0.05) is 0 Å². The molecule has 0 amide bonds. The van der Waals surface area contributed by atoms with Gasteiger partial charge in [0.1, 0.15) is 0 Å². The summed E-state index contributed by atoms with van der Waals surface area (Å²) in [6.45, 7) is 10.6. The van der Waals surface area contributed by atoms with E-state index in [1.165, 1.54) is 23.1 Å². The summed E-state index contributed by atoms with van der Waals surface area (Å²) in [6.07, 6.45) is 4.70. The molecule has 0 aromatic heterocycles. The van der Waals surface area contributed by atoms with E-state index in [2.05, 4.69) is 33.8 Å². The average Bonchev–Trinajstić information content (AvgIpc) is 2.18. The van der Waals surface area contributed by atoms with Crippen LogP contribution in [0.15, 0.2) is 22.8 Å². The minimum Gasteiger partial charge on any atom is -0.377 e. The Morgan fingerprint density at radius 1 is 1.57 bits per heavy atom. The van der Waals surface area contributed by atoms with Crippen molar-refractivity contribution in [3.8, 4) is 0 Å². The summed E-state index contributed by atoms with van der Waals surface area (Å²) in [5.74, 6) is 0.693. The summed E-state index contributed by atoms with van der Waals surface area (Å²) in [4.78, 5) is 0. The Balaban J connectivity index is 2.76. The molecule has 0 spiro atoms. The van der Waals surface area contributed by atoms with Crippen LogP contribution in [0.5, 0.6) is 0 Å². The third kappa shape index (κ3) is 2.98. The first-order valence-electron chi connectivity index (χ1n) is 5.60. The molecule has 1 unspecified atom stereocenters. The van der Waals surface area contributed by atoms with Gasteiger partial charge in [-0.2, -0.15) is 0 Å². The fraction of sp³-hybridized carbons (Fsp3) is 0.692. The highest BCUT2D eigenvalue weighted by Gasteiger charge is 2.11. The van der Waals surface area contributed by atoms with Gasteiger partial charge < -0.3 is 4.74 Å². The summed E-state index contributed by atoms with van der Waals surface area (Å²) in [7, 11) is 0. The van der Waals surface area contributed by atoms with E-state index in [0.29, 0.717) is 5.92 Å². The maximum absolute atomic E-state index is 5.41. The molecule has 14 heavy (non-hydrogen) atoms. The highest BCUT2D eigenvalue weighted by Crippen LogP contribution is 2.24. The molecule has 0 N–H and O–H groups in total. The minimum absolute atomic E-state index is 0.693. The van der Waals surface area contributed by atoms with Crippen LogP contribution in [0, 0.1) is 5.92 Å². The zero-order chi connectivity index (χ0) is 10.6. The van der Waals surface area contributed by atoms with Gasteiger partial charge in [-0.05, 0) is 37.3 Å². The maximum Gasteiger partial charge on any atom is 0.0680 e. The molecule has 0 saturated carbocycles. The van der Waals surface area contributed by atoms with E-state index < -0.39 is 0 Å². The number of allylic oxidation sites excluding steroid dienone is 2. The molecule has 0 aliphatic carbocycles. The first-order valence-corrected chi connectivity index (χ1v) is 5.60. The van der Waals surface area contributed by atoms with Gasteiger partial charge in [0.05, 0.1) is 13.2 Å². The second kappa shape index (κ2) is 5.35. The number of hydrogen-bond acceptors (Lipinski definition) is 1.